The van der Waals surface area contributed by atoms with E-state index < -0.39 is 245 Å². The number of ether oxygens (including phenoxy) is 9. The molecule has 21 N–H and O–H groups in total. The van der Waals surface area contributed by atoms with Crippen molar-refractivity contribution in [3.63, 3.8) is 0 Å². The van der Waals surface area contributed by atoms with Gasteiger partial charge in [0.15, 0.2) is 36.2 Å². The van der Waals surface area contributed by atoms with Crippen LogP contribution in [-0.4, -0.2) is 203 Å². The number of primary amides is 1. The fourth-order valence-corrected chi connectivity index (χ4v) is 14.7. The second-order valence-electron chi connectivity index (χ2n) is 29.5. The third-order valence-electron chi connectivity index (χ3n) is 20.4. The summed E-state index contributed by atoms with van der Waals surface area (Å²) < 4.78 is 58.6. The van der Waals surface area contributed by atoms with Gasteiger partial charge in [0, 0.05) is 85.1 Å². The molecule has 4 saturated heterocycles. The largest absolute Gasteiger partial charge is 0.508 e. The average molecular weight is 1610 g/mol. The van der Waals surface area contributed by atoms with Gasteiger partial charge in [-0.15, -0.1) is 17.7 Å². The number of nitrogens with one attached hydrogen (secondary N) is 6. The number of aliphatic carboxylic acids is 1. The number of aryl methyl sites for hydroxylation is 1. The van der Waals surface area contributed by atoms with Crippen molar-refractivity contribution < 1.29 is 160 Å². The van der Waals surface area contributed by atoms with Gasteiger partial charge in [0.1, 0.15) is 77.6 Å². The first-order valence-electron chi connectivity index (χ1n) is 35.3. The molecule has 36 heteroatoms. The van der Waals surface area contributed by atoms with Gasteiger partial charge in [0.25, 0.3) is 0 Å². The zero-order chi connectivity index (χ0) is 78.7. The van der Waals surface area contributed by atoms with E-state index in [4.69, 9.17) is 59.8 Å². The number of rotatable bonds is 12. The Morgan fingerprint density at radius 2 is 1.27 bits per heavy atom. The number of fused-ring (bicyclic) bond motifs is 13. The van der Waals surface area contributed by atoms with E-state index in [2.05, 4.69) is 38.0 Å². The number of carbonyl (C=O) groups excluding carboxylic acids is 7. The Hall–Kier alpha value is -8.76. The number of hydrogen-bond acceptors (Lipinski definition) is 27. The van der Waals surface area contributed by atoms with E-state index in [0.29, 0.717) is 6.42 Å². The summed E-state index contributed by atoms with van der Waals surface area (Å²) in [6.07, 6.45) is -21.1. The number of carboxylic acid groups (broad SMARTS) is 1. The third kappa shape index (κ3) is 17.2. The Morgan fingerprint density at radius 3 is 1.89 bits per heavy atom. The van der Waals surface area contributed by atoms with E-state index in [1.807, 2.05) is 13.8 Å². The first kappa shape index (κ1) is 82.2. The van der Waals surface area contributed by atoms with Crippen molar-refractivity contribution in [2.24, 2.45) is 29.0 Å². The summed E-state index contributed by atoms with van der Waals surface area (Å²) in [5.74, 6) is -15.0. The predicted octanol–water partition coefficient (Wildman–Crippen LogP) is 0.209. The summed E-state index contributed by atoms with van der Waals surface area (Å²) in [4.78, 5) is 120. The molecular formula is C74H88N9O26Y-. The third-order valence-corrected chi connectivity index (χ3v) is 20.4. The van der Waals surface area contributed by atoms with Crippen molar-refractivity contribution in [3.8, 4) is 57.1 Å². The molecule has 0 spiro atoms. The Balaban J connectivity index is 0.0000120. The molecule has 9 heterocycles. The van der Waals surface area contributed by atoms with Crippen LogP contribution < -0.4 is 63.3 Å². The first-order valence-corrected chi connectivity index (χ1v) is 35.3. The fourth-order valence-electron chi connectivity index (χ4n) is 14.7. The molecule has 1 radical (unpaired) electrons. The number of hydrogen-bond donors (Lipinski definition) is 18. The van der Waals surface area contributed by atoms with Crippen LogP contribution in [0.2, 0.25) is 0 Å². The number of amides is 7. The van der Waals surface area contributed by atoms with Gasteiger partial charge in [-0.25, -0.2) is 4.79 Å². The van der Waals surface area contributed by atoms with Crippen molar-refractivity contribution in [3.05, 3.63) is 118 Å². The van der Waals surface area contributed by atoms with E-state index in [0.717, 1.165) is 42.5 Å². The van der Waals surface area contributed by atoms with Crippen LogP contribution in [0.4, 0.5) is 0 Å². The second kappa shape index (κ2) is 32.9. The van der Waals surface area contributed by atoms with Crippen molar-refractivity contribution in [2.45, 2.75) is 201 Å². The number of aromatic hydroxyl groups is 3. The number of nitrogens with two attached hydrogens (primary N) is 3. The van der Waals surface area contributed by atoms with Crippen LogP contribution in [0.15, 0.2) is 78.9 Å². The Bertz CT molecular complexity index is 4360. The van der Waals surface area contributed by atoms with Gasteiger partial charge >= 0.3 is 5.97 Å². The molecule has 110 heavy (non-hydrogen) atoms. The number of carbonyl (C=O) groups is 8. The topological polar surface area (TPSA) is 552 Å². The Morgan fingerprint density at radius 1 is 0.664 bits per heavy atom. The molecule has 14 rings (SSSR count). The molecular weight excluding hydrogens is 1520 g/mol. The Kier molecular flexibility index (Phi) is 24.6. The van der Waals surface area contributed by atoms with Crippen LogP contribution in [-0.2, 0) is 99.5 Å². The molecule has 11 bridgehead atoms. The number of aliphatic hydroxyl groups is 5. The van der Waals surface area contributed by atoms with E-state index in [1.54, 1.807) is 0 Å². The number of benzene rings is 5. The Labute approximate surface area is 654 Å². The molecule has 0 aromatic heterocycles. The SMILES string of the molecule is Cc1cc2ccc1Oc1cc3cc(c1O[C@@H]1O[C@H](CO)[C@H](O)[C@H](O)[C@@H]1O[C@@H]1C[C@](C)(N)[C@H](O)[C@H](C)O1)Oc1[c-]cc(cc1)[C@H]1OC[C@@H](CC(C)C)C(=O)N[C@H]1C(=O)N[C@@H](CC(N)=O)C(=O)N[C@H]3C(=O)N[C@@H]1C(=O)N[C@@H](C(=O)N[C@H](C(=O)O)c3cc(O)cc(O)c3-c3cc1ccc3O)[C@H]2O[C@@H]1C[C@](C)(N)[C@H](O)[C@H](C)O1.[Y]. The minimum atomic E-state index is -2.28. The minimum absolute atomic E-state index is 0. The van der Waals surface area contributed by atoms with E-state index >= 15 is 24.0 Å². The van der Waals surface area contributed by atoms with Crippen molar-refractivity contribution in [1.82, 2.24) is 31.9 Å². The van der Waals surface area contributed by atoms with Gasteiger partial charge in [-0.3, -0.25) is 33.6 Å². The van der Waals surface area contributed by atoms with Gasteiger partial charge in [0.05, 0.1) is 56.1 Å². The van der Waals surface area contributed by atoms with Crippen LogP contribution in [0.1, 0.15) is 131 Å². The summed E-state index contributed by atoms with van der Waals surface area (Å²) in [5.41, 5.74) is 14.4. The van der Waals surface area contributed by atoms with Crippen molar-refractivity contribution in [2.75, 3.05) is 13.2 Å². The molecule has 0 aliphatic carbocycles. The number of aliphatic hydroxyl groups excluding tert-OH is 5. The smallest absolute Gasteiger partial charge is 0.330 e. The quantitative estimate of drug-likeness (QED) is 0.0742. The van der Waals surface area contributed by atoms with Crippen LogP contribution in [0, 0.1) is 24.8 Å². The van der Waals surface area contributed by atoms with Crippen molar-refractivity contribution >= 4 is 47.3 Å². The maximum absolute atomic E-state index is 16.4. The zero-order valence-electron chi connectivity index (χ0n) is 60.6. The average Bonchev–Trinajstić information content (AvgIpc) is 0.868. The van der Waals surface area contributed by atoms with Gasteiger partial charge < -0.3 is 138 Å². The van der Waals surface area contributed by atoms with E-state index in [-0.39, 0.29) is 97.4 Å². The molecule has 5 aromatic carbocycles. The molecule has 9 aliphatic heterocycles. The van der Waals surface area contributed by atoms with Gasteiger partial charge in [0.2, 0.25) is 53.4 Å². The summed E-state index contributed by atoms with van der Waals surface area (Å²) >= 11 is 0. The van der Waals surface area contributed by atoms with Crippen LogP contribution in [0.25, 0.3) is 11.1 Å². The molecule has 9 aliphatic rings. The van der Waals surface area contributed by atoms with Crippen LogP contribution in [0.5, 0.6) is 46.0 Å². The zero-order valence-corrected chi connectivity index (χ0v) is 63.5. The molecule has 7 amide bonds. The second-order valence-corrected chi connectivity index (χ2v) is 29.5. The summed E-state index contributed by atoms with van der Waals surface area (Å²) in [6.45, 7) is 10.2. The molecule has 22 atom stereocenters. The van der Waals surface area contributed by atoms with Gasteiger partial charge in [-0.1, -0.05) is 26.0 Å². The van der Waals surface area contributed by atoms with Gasteiger partial charge in [-0.05, 0) is 112 Å². The number of phenolic OH excluding ortho intramolecular Hbond substituents is 3. The maximum atomic E-state index is 16.4. The standard InChI is InChI=1S/C74H88N9O26.Y/c1-28(2)16-36-27-101-59-32-8-12-38(13-9-32)104-45-19-35-20-46(61(45)109-72-62(58(90)57(89)47(26-84)106-72)108-50-25-74(7,77)64(92)31(5)103-50)105-44-15-11-34(17-29(44)3)60(107-49-24-73(6,76)63(91)30(4)102-49)56-70(98)81-54(71(99)100)40-21-37(85)22-43(87)51(40)39-18-33(10-14-42(39)86)52(67(95)83-56)80-68(96)53(35)79-66(94)41(23-48(75)88)78-69(97)55(59)82-65(36)93;/h8-12,14-15,17-22,28,30-31,36,41,47,49-50,52-60,62-64,72,84-87,89-92H,16,23-27,76-77H2,1-7H3,(H2,75,88)(H,78,97)(H,79,94)(H,80,96)(H,81,98)(H,82,93)(H,83,95)(H,99,100);/q-1;/t30-,31-,36+,41-,47+,49+,50+,52-,53+,54-,55+,56+,57-,58-,59+,60-,62-,63+,64+,72-,73-,74-;/m0./s1. The summed E-state index contributed by atoms with van der Waals surface area (Å²) in [6, 6.07) is 5.95. The monoisotopic (exact) mass is 1610 g/mol. The van der Waals surface area contributed by atoms with E-state index in [9.17, 15) is 60.3 Å². The number of carboxylic acids is 1. The minimum Gasteiger partial charge on any atom is -0.508 e. The molecule has 0 saturated carbocycles. The molecule has 35 nitrogen and oxygen atoms in total. The van der Waals surface area contributed by atoms with E-state index in [1.165, 1.54) is 71.0 Å². The number of phenols is 3. The molecule has 5 aromatic rings. The van der Waals surface area contributed by atoms with Crippen LogP contribution >= 0.6 is 0 Å². The first-order chi connectivity index (χ1) is 51.5. The fraction of sp³-hybridized carbons (Fsp3) is 0.486. The molecule has 4 fully saturated rings. The van der Waals surface area contributed by atoms with Crippen molar-refractivity contribution in [1.29, 1.82) is 0 Å². The summed E-state index contributed by atoms with van der Waals surface area (Å²) in [5, 5.41) is 118. The normalized spacial score (nSPS) is 33.2. The predicted molar refractivity (Wildman–Crippen MR) is 374 cm³/mol. The molecule has 0 unspecified atom stereocenters. The maximum Gasteiger partial charge on any atom is 0.330 e. The van der Waals surface area contributed by atoms with Gasteiger partial charge in [-0.2, -0.15) is 12.1 Å². The molecule has 589 valence electrons. The summed E-state index contributed by atoms with van der Waals surface area (Å²) in [7, 11) is 0. The van der Waals surface area contributed by atoms with Crippen LogP contribution in [0.3, 0.4) is 0 Å².